The second-order valence-electron chi connectivity index (χ2n) is 8.34. The van der Waals surface area contributed by atoms with Crippen LogP contribution in [0.5, 0.6) is 0 Å². The number of carbonyl (C=O) groups is 3. The fraction of sp³-hybridized carbons (Fsp3) is 0.375. The predicted octanol–water partition coefficient (Wildman–Crippen LogP) is 3.59. The van der Waals surface area contributed by atoms with Crippen molar-refractivity contribution in [2.45, 2.75) is 32.7 Å². The van der Waals surface area contributed by atoms with E-state index in [0.717, 1.165) is 6.42 Å². The SMILES string of the molecule is CCC(C)(C)NC(=O)c1ccc(NC(=O)N2CCN(C(=O)c3ccccc3)CC2)cc1. The number of hydrogen-bond donors (Lipinski definition) is 2. The first-order valence-corrected chi connectivity index (χ1v) is 10.6. The fourth-order valence-electron chi connectivity index (χ4n) is 3.25. The Bertz CT molecular complexity index is 918. The molecule has 0 radical (unpaired) electrons. The van der Waals surface area contributed by atoms with Crippen LogP contribution in [-0.2, 0) is 0 Å². The Balaban J connectivity index is 1.51. The van der Waals surface area contributed by atoms with E-state index >= 15 is 0 Å². The van der Waals surface area contributed by atoms with Gasteiger partial charge in [0.05, 0.1) is 0 Å². The summed E-state index contributed by atoms with van der Waals surface area (Å²) in [7, 11) is 0. The summed E-state index contributed by atoms with van der Waals surface area (Å²) in [5.74, 6) is -0.148. The van der Waals surface area contributed by atoms with Crippen molar-refractivity contribution >= 4 is 23.5 Å². The first-order chi connectivity index (χ1) is 14.8. The Kier molecular flexibility index (Phi) is 6.95. The van der Waals surface area contributed by atoms with Gasteiger partial charge in [-0.1, -0.05) is 25.1 Å². The monoisotopic (exact) mass is 422 g/mol. The van der Waals surface area contributed by atoms with Gasteiger partial charge in [0.1, 0.15) is 0 Å². The molecule has 31 heavy (non-hydrogen) atoms. The van der Waals surface area contributed by atoms with Crippen molar-refractivity contribution in [1.29, 1.82) is 0 Å². The number of anilines is 1. The molecule has 7 heteroatoms. The normalized spacial score (nSPS) is 14.2. The van der Waals surface area contributed by atoms with E-state index in [0.29, 0.717) is 43.0 Å². The van der Waals surface area contributed by atoms with E-state index in [2.05, 4.69) is 10.6 Å². The molecule has 0 aromatic heterocycles. The molecule has 164 valence electrons. The number of carbonyl (C=O) groups excluding carboxylic acids is 3. The van der Waals surface area contributed by atoms with Gasteiger partial charge in [0.15, 0.2) is 0 Å². The number of rotatable bonds is 5. The summed E-state index contributed by atoms with van der Waals surface area (Å²) < 4.78 is 0. The van der Waals surface area contributed by atoms with Crippen LogP contribution in [0.25, 0.3) is 0 Å². The Morgan fingerprint density at radius 3 is 2.00 bits per heavy atom. The Morgan fingerprint density at radius 2 is 1.42 bits per heavy atom. The molecule has 1 heterocycles. The maximum atomic E-state index is 12.6. The molecular weight excluding hydrogens is 392 g/mol. The number of urea groups is 1. The van der Waals surface area contributed by atoms with E-state index in [1.54, 1.807) is 46.2 Å². The smallest absolute Gasteiger partial charge is 0.321 e. The quantitative estimate of drug-likeness (QED) is 0.773. The van der Waals surface area contributed by atoms with Crippen LogP contribution >= 0.6 is 0 Å². The van der Waals surface area contributed by atoms with Crippen molar-refractivity contribution in [3.8, 4) is 0 Å². The first kappa shape index (κ1) is 22.3. The maximum absolute atomic E-state index is 12.6. The Labute approximate surface area is 183 Å². The van der Waals surface area contributed by atoms with Gasteiger partial charge in [0.2, 0.25) is 0 Å². The third-order valence-electron chi connectivity index (χ3n) is 5.61. The second kappa shape index (κ2) is 9.64. The van der Waals surface area contributed by atoms with E-state index in [-0.39, 0.29) is 23.4 Å². The zero-order chi connectivity index (χ0) is 22.4. The molecule has 7 nitrogen and oxygen atoms in total. The number of nitrogens with zero attached hydrogens (tertiary/aromatic N) is 2. The predicted molar refractivity (Wildman–Crippen MR) is 121 cm³/mol. The summed E-state index contributed by atoms with van der Waals surface area (Å²) in [6, 6.07) is 15.8. The van der Waals surface area contributed by atoms with Gasteiger partial charge in [0, 0.05) is 48.5 Å². The van der Waals surface area contributed by atoms with Crippen molar-refractivity contribution in [3.63, 3.8) is 0 Å². The molecule has 2 aromatic rings. The van der Waals surface area contributed by atoms with Crippen LogP contribution in [0.3, 0.4) is 0 Å². The van der Waals surface area contributed by atoms with Gasteiger partial charge in [-0.3, -0.25) is 9.59 Å². The van der Waals surface area contributed by atoms with Crippen LogP contribution in [0.4, 0.5) is 10.5 Å². The van der Waals surface area contributed by atoms with Gasteiger partial charge >= 0.3 is 6.03 Å². The number of piperazine rings is 1. The van der Waals surface area contributed by atoms with Crippen LogP contribution in [0, 0.1) is 0 Å². The minimum atomic E-state index is -0.270. The lowest BCUT2D eigenvalue weighted by molar-refractivity contribution is 0.0671. The summed E-state index contributed by atoms with van der Waals surface area (Å²) in [6.07, 6.45) is 0.830. The average Bonchev–Trinajstić information content (AvgIpc) is 2.79. The van der Waals surface area contributed by atoms with Crippen molar-refractivity contribution in [1.82, 2.24) is 15.1 Å². The highest BCUT2D eigenvalue weighted by Crippen LogP contribution is 2.14. The van der Waals surface area contributed by atoms with Crippen molar-refractivity contribution < 1.29 is 14.4 Å². The summed E-state index contributed by atoms with van der Waals surface area (Å²) in [6.45, 7) is 7.91. The molecule has 0 spiro atoms. The fourth-order valence-corrected chi connectivity index (χ4v) is 3.25. The molecule has 0 bridgehead atoms. The molecule has 2 aromatic carbocycles. The number of benzene rings is 2. The van der Waals surface area contributed by atoms with Crippen LogP contribution in [0.2, 0.25) is 0 Å². The van der Waals surface area contributed by atoms with Gasteiger partial charge in [-0.25, -0.2) is 4.79 Å². The molecule has 0 unspecified atom stereocenters. The van der Waals surface area contributed by atoms with Crippen molar-refractivity contribution in [2.24, 2.45) is 0 Å². The third kappa shape index (κ3) is 5.84. The molecule has 1 aliphatic rings. The van der Waals surface area contributed by atoms with Crippen LogP contribution in [0.1, 0.15) is 47.9 Å². The third-order valence-corrected chi connectivity index (χ3v) is 5.61. The standard InChI is InChI=1S/C24H30N4O3/c1-4-24(2,3)26-21(29)18-10-12-20(13-11-18)25-23(31)28-16-14-27(15-17-28)22(30)19-8-6-5-7-9-19/h5-13H,4,14-17H2,1-3H3,(H,25,31)(H,26,29). The van der Waals surface area contributed by atoms with Gasteiger partial charge in [-0.15, -0.1) is 0 Å². The molecule has 4 amide bonds. The van der Waals surface area contributed by atoms with Gasteiger partial charge in [-0.05, 0) is 56.7 Å². The highest BCUT2D eigenvalue weighted by molar-refractivity contribution is 5.96. The lowest BCUT2D eigenvalue weighted by atomic mass is 10.0. The minimum absolute atomic E-state index is 0.0132. The van der Waals surface area contributed by atoms with E-state index in [1.807, 2.05) is 39.0 Å². The Morgan fingerprint density at radius 1 is 0.839 bits per heavy atom. The van der Waals surface area contributed by atoms with Crippen molar-refractivity contribution in [2.75, 3.05) is 31.5 Å². The summed E-state index contributed by atoms with van der Waals surface area (Å²) >= 11 is 0. The lowest BCUT2D eigenvalue weighted by Crippen LogP contribution is -2.51. The highest BCUT2D eigenvalue weighted by atomic mass is 16.2. The summed E-state index contributed by atoms with van der Waals surface area (Å²) in [4.78, 5) is 40.9. The van der Waals surface area contributed by atoms with Gasteiger partial charge in [0.25, 0.3) is 11.8 Å². The van der Waals surface area contributed by atoms with Crippen LogP contribution < -0.4 is 10.6 Å². The first-order valence-electron chi connectivity index (χ1n) is 10.6. The highest BCUT2D eigenvalue weighted by Gasteiger charge is 2.25. The topological polar surface area (TPSA) is 81.8 Å². The molecule has 1 saturated heterocycles. The van der Waals surface area contributed by atoms with E-state index in [9.17, 15) is 14.4 Å². The minimum Gasteiger partial charge on any atom is -0.347 e. The zero-order valence-electron chi connectivity index (χ0n) is 18.4. The number of nitrogens with one attached hydrogen (secondary N) is 2. The molecule has 2 N–H and O–H groups in total. The van der Waals surface area contributed by atoms with E-state index < -0.39 is 0 Å². The summed E-state index contributed by atoms with van der Waals surface area (Å²) in [5, 5.41) is 5.86. The molecule has 1 fully saturated rings. The van der Waals surface area contributed by atoms with Crippen molar-refractivity contribution in [3.05, 3.63) is 65.7 Å². The molecule has 0 saturated carbocycles. The van der Waals surface area contributed by atoms with Crippen LogP contribution in [-0.4, -0.2) is 59.4 Å². The van der Waals surface area contributed by atoms with Gasteiger partial charge in [-0.2, -0.15) is 0 Å². The largest absolute Gasteiger partial charge is 0.347 e. The summed E-state index contributed by atoms with van der Waals surface area (Å²) in [5.41, 5.74) is 1.56. The molecule has 3 rings (SSSR count). The molecule has 0 atom stereocenters. The maximum Gasteiger partial charge on any atom is 0.321 e. The van der Waals surface area contributed by atoms with E-state index in [1.165, 1.54) is 0 Å². The number of hydrogen-bond acceptors (Lipinski definition) is 3. The molecule has 0 aliphatic carbocycles. The van der Waals surface area contributed by atoms with Crippen LogP contribution in [0.15, 0.2) is 54.6 Å². The lowest BCUT2D eigenvalue weighted by Gasteiger charge is -2.34. The number of amides is 4. The zero-order valence-corrected chi connectivity index (χ0v) is 18.4. The second-order valence-corrected chi connectivity index (χ2v) is 8.34. The Hall–Kier alpha value is -3.35. The van der Waals surface area contributed by atoms with E-state index in [4.69, 9.17) is 0 Å². The molecule has 1 aliphatic heterocycles. The molecular formula is C24H30N4O3. The van der Waals surface area contributed by atoms with Gasteiger partial charge < -0.3 is 20.4 Å². The average molecular weight is 423 g/mol.